The van der Waals surface area contributed by atoms with Crippen LogP contribution < -0.4 is 5.73 Å². The Morgan fingerprint density at radius 1 is 1.89 bits per heavy atom. The summed E-state index contributed by atoms with van der Waals surface area (Å²) < 4.78 is 0. The molecule has 9 heavy (non-hydrogen) atoms. The van der Waals surface area contributed by atoms with Crippen molar-refractivity contribution >= 4 is 12.1 Å². The fourth-order valence-corrected chi connectivity index (χ4v) is 0.181. The van der Waals surface area contributed by atoms with Gasteiger partial charge < -0.3 is 4.84 Å². The maximum Gasteiger partial charge on any atom is 0.284 e. The largest absolute Gasteiger partial charge is 0.391 e. The van der Waals surface area contributed by atoms with Crippen LogP contribution in [0, 0.1) is 0 Å². The van der Waals surface area contributed by atoms with Crippen molar-refractivity contribution in [3.63, 3.8) is 0 Å². The van der Waals surface area contributed by atoms with Crippen LogP contribution in [0.5, 0.6) is 0 Å². The third-order valence-electron chi connectivity index (χ3n) is 0.437. The Kier molecular flexibility index (Phi) is 4.12. The lowest BCUT2D eigenvalue weighted by atomic mass is 10.7. The van der Waals surface area contributed by atoms with Gasteiger partial charge in [-0.2, -0.15) is 0 Å². The first-order chi connectivity index (χ1) is 4.27. The molecule has 0 aromatic rings. The fourth-order valence-electron chi connectivity index (χ4n) is 0.181. The first kappa shape index (κ1) is 7.68. The van der Waals surface area contributed by atoms with Gasteiger partial charge in [0.15, 0.2) is 0 Å². The number of amides is 1. The predicted octanol–water partition coefficient (Wildman–Crippen LogP) is -0.0157. The van der Waals surface area contributed by atoms with E-state index in [-0.39, 0.29) is 6.61 Å². The van der Waals surface area contributed by atoms with Crippen LogP contribution in [-0.4, -0.2) is 18.7 Å². The van der Waals surface area contributed by atoms with Gasteiger partial charge in [0.05, 0.1) is 0 Å². The summed E-state index contributed by atoms with van der Waals surface area (Å²) in [5.74, 6) is -0.876. The minimum atomic E-state index is -0.876. The van der Waals surface area contributed by atoms with Gasteiger partial charge in [-0.3, -0.25) is 10.5 Å². The molecule has 0 heterocycles. The number of rotatable bonds is 4. The minimum Gasteiger partial charge on any atom is -0.391 e. The summed E-state index contributed by atoms with van der Waals surface area (Å²) in [6.45, 7) is 3.60. The van der Waals surface area contributed by atoms with Gasteiger partial charge in [0, 0.05) is 0 Å². The van der Waals surface area contributed by atoms with Crippen molar-refractivity contribution in [2.45, 2.75) is 0 Å². The van der Waals surface area contributed by atoms with Gasteiger partial charge in [0.1, 0.15) is 12.8 Å². The molecule has 1 amide bonds. The molecule has 0 spiro atoms. The molecule has 0 rings (SSSR count). The predicted molar refractivity (Wildman–Crippen MR) is 32.7 cm³/mol. The minimum absolute atomic E-state index is 0.254. The molecule has 0 aliphatic rings. The average Bonchev–Trinajstić information content (AvgIpc) is 1.80. The molecule has 4 nitrogen and oxygen atoms in total. The number of nitrogens with zero attached hydrogens (tertiary/aromatic N) is 1. The Labute approximate surface area is 53.0 Å². The quantitative estimate of drug-likeness (QED) is 0.230. The Hall–Kier alpha value is -1.32. The number of nitrogens with one attached hydrogen (secondary N) is 1. The summed E-state index contributed by atoms with van der Waals surface area (Å²) in [6, 6.07) is 0. The van der Waals surface area contributed by atoms with E-state index in [4.69, 9.17) is 5.73 Å². The van der Waals surface area contributed by atoms with Gasteiger partial charge in [-0.25, -0.2) is 0 Å². The second-order valence-corrected chi connectivity index (χ2v) is 1.18. The molecule has 0 atom stereocenters. The van der Waals surface area contributed by atoms with E-state index in [0.717, 1.165) is 6.21 Å². The van der Waals surface area contributed by atoms with Crippen molar-refractivity contribution in [3.05, 3.63) is 12.7 Å². The summed E-state index contributed by atoms with van der Waals surface area (Å²) >= 11 is 0. The zero-order valence-electron chi connectivity index (χ0n) is 4.83. The topological polar surface area (TPSA) is 62.5 Å². The van der Waals surface area contributed by atoms with E-state index in [0.29, 0.717) is 0 Å². The molecule has 0 saturated heterocycles. The molecular formula is C5H7N2O2. The summed E-state index contributed by atoms with van der Waals surface area (Å²) in [6.07, 6.45) is 2.27. The van der Waals surface area contributed by atoms with Gasteiger partial charge in [0.2, 0.25) is 0 Å². The Balaban J connectivity index is 3.24. The second kappa shape index (κ2) is 4.83. The smallest absolute Gasteiger partial charge is 0.284 e. The molecule has 0 aromatic carbocycles. The maximum atomic E-state index is 9.82. The average molecular weight is 127 g/mol. The zero-order chi connectivity index (χ0) is 7.11. The van der Waals surface area contributed by atoms with E-state index in [1.54, 1.807) is 0 Å². The van der Waals surface area contributed by atoms with E-state index in [1.807, 2.05) is 0 Å². The van der Waals surface area contributed by atoms with Crippen LogP contribution in [0.4, 0.5) is 0 Å². The van der Waals surface area contributed by atoms with Crippen molar-refractivity contribution in [2.24, 2.45) is 5.16 Å². The first-order valence-corrected chi connectivity index (χ1v) is 2.29. The highest BCUT2D eigenvalue weighted by Crippen LogP contribution is 1.72. The molecule has 0 aliphatic heterocycles. The molecule has 49 valence electrons. The van der Waals surface area contributed by atoms with E-state index >= 15 is 0 Å². The van der Waals surface area contributed by atoms with Crippen molar-refractivity contribution in [2.75, 3.05) is 6.61 Å². The van der Waals surface area contributed by atoms with E-state index < -0.39 is 5.91 Å². The molecule has 0 unspecified atom stereocenters. The van der Waals surface area contributed by atoms with Crippen LogP contribution in [-0.2, 0) is 9.63 Å². The lowest BCUT2D eigenvalue weighted by molar-refractivity contribution is -0.112. The summed E-state index contributed by atoms with van der Waals surface area (Å²) in [5, 5.41) is 3.13. The monoisotopic (exact) mass is 127 g/mol. The van der Waals surface area contributed by atoms with Gasteiger partial charge in [-0.1, -0.05) is 17.8 Å². The molecular weight excluding hydrogens is 120 g/mol. The molecule has 1 N–H and O–H groups in total. The van der Waals surface area contributed by atoms with E-state index in [2.05, 4.69) is 16.6 Å². The van der Waals surface area contributed by atoms with Gasteiger partial charge >= 0.3 is 0 Å². The molecule has 1 radical (unpaired) electrons. The zero-order valence-corrected chi connectivity index (χ0v) is 4.83. The van der Waals surface area contributed by atoms with Crippen LogP contribution >= 0.6 is 0 Å². The SMILES string of the molecule is C=CCON=CC([NH])=O. The van der Waals surface area contributed by atoms with Crippen molar-refractivity contribution in [1.82, 2.24) is 5.73 Å². The summed E-state index contributed by atoms with van der Waals surface area (Å²) in [7, 11) is 0. The van der Waals surface area contributed by atoms with Crippen LogP contribution in [0.15, 0.2) is 17.8 Å². The van der Waals surface area contributed by atoms with Crippen LogP contribution in [0.25, 0.3) is 0 Å². The molecule has 0 saturated carbocycles. The van der Waals surface area contributed by atoms with E-state index in [9.17, 15) is 4.79 Å². The maximum absolute atomic E-state index is 9.82. The van der Waals surface area contributed by atoms with Crippen molar-refractivity contribution in [1.29, 1.82) is 0 Å². The third-order valence-corrected chi connectivity index (χ3v) is 0.437. The molecule has 0 aromatic heterocycles. The number of carbonyl (C=O) groups excluding carboxylic acids is 1. The van der Waals surface area contributed by atoms with Gasteiger partial charge in [0.25, 0.3) is 5.91 Å². The molecule has 0 aliphatic carbocycles. The first-order valence-electron chi connectivity index (χ1n) is 2.29. The lowest BCUT2D eigenvalue weighted by Crippen LogP contribution is -1.98. The highest BCUT2D eigenvalue weighted by atomic mass is 16.6. The Morgan fingerprint density at radius 3 is 3.00 bits per heavy atom. The van der Waals surface area contributed by atoms with Crippen molar-refractivity contribution in [3.8, 4) is 0 Å². The van der Waals surface area contributed by atoms with Crippen LogP contribution in [0.2, 0.25) is 0 Å². The summed E-state index contributed by atoms with van der Waals surface area (Å²) in [4.78, 5) is 14.2. The Morgan fingerprint density at radius 2 is 2.56 bits per heavy atom. The number of carbonyl (C=O) groups is 1. The number of hydrogen-bond acceptors (Lipinski definition) is 3. The van der Waals surface area contributed by atoms with Crippen LogP contribution in [0.1, 0.15) is 0 Å². The number of oxime groups is 1. The van der Waals surface area contributed by atoms with Gasteiger partial charge in [-0.15, -0.1) is 0 Å². The normalized spacial score (nSPS) is 9.33. The van der Waals surface area contributed by atoms with Gasteiger partial charge in [-0.05, 0) is 0 Å². The highest BCUT2D eigenvalue weighted by Gasteiger charge is 1.82. The summed E-state index contributed by atoms with van der Waals surface area (Å²) in [5.41, 5.74) is 6.32. The Bertz CT molecular complexity index is 131. The fraction of sp³-hybridized carbons (Fsp3) is 0.200. The van der Waals surface area contributed by atoms with E-state index in [1.165, 1.54) is 6.08 Å². The number of hydrogen-bond donors (Lipinski definition) is 0. The molecule has 0 bridgehead atoms. The second-order valence-electron chi connectivity index (χ2n) is 1.18. The highest BCUT2D eigenvalue weighted by molar-refractivity contribution is 6.24. The lowest BCUT2D eigenvalue weighted by Gasteiger charge is -1.87. The van der Waals surface area contributed by atoms with Crippen LogP contribution in [0.3, 0.4) is 0 Å². The standard InChI is InChI=1S/C5H7N2O2/c1-2-3-9-7-4-5(6)8/h2,4,6H,1,3H2. The molecule has 4 heteroatoms. The molecule has 0 fully saturated rings. The van der Waals surface area contributed by atoms with Crippen molar-refractivity contribution < 1.29 is 9.63 Å². The third kappa shape index (κ3) is 6.68.